The van der Waals surface area contributed by atoms with Crippen LogP contribution in [0.15, 0.2) is 59.5 Å². The summed E-state index contributed by atoms with van der Waals surface area (Å²) in [7, 11) is 0. The van der Waals surface area contributed by atoms with Gasteiger partial charge in [0.15, 0.2) is 5.76 Å². The van der Waals surface area contributed by atoms with Crippen molar-refractivity contribution >= 4 is 23.2 Å². The quantitative estimate of drug-likeness (QED) is 0.575. The highest BCUT2D eigenvalue weighted by atomic mass is 16.3. The van der Waals surface area contributed by atoms with Crippen molar-refractivity contribution in [3.05, 3.63) is 72.1 Å². The van der Waals surface area contributed by atoms with Crippen molar-refractivity contribution in [1.29, 1.82) is 0 Å². The van der Waals surface area contributed by atoms with Gasteiger partial charge in [-0.25, -0.2) is 4.98 Å². The van der Waals surface area contributed by atoms with Crippen LogP contribution in [-0.4, -0.2) is 25.5 Å². The van der Waals surface area contributed by atoms with Crippen LogP contribution in [0.1, 0.15) is 21.8 Å². The van der Waals surface area contributed by atoms with Crippen molar-refractivity contribution in [3.63, 3.8) is 0 Å². The van der Waals surface area contributed by atoms with Crippen molar-refractivity contribution in [2.24, 2.45) is 0 Å². The fourth-order valence-corrected chi connectivity index (χ4v) is 2.56. The van der Waals surface area contributed by atoms with E-state index in [0.29, 0.717) is 18.0 Å². The van der Waals surface area contributed by atoms with Gasteiger partial charge in [0.25, 0.3) is 11.7 Å². The van der Waals surface area contributed by atoms with Gasteiger partial charge in [-0.2, -0.15) is 14.6 Å². The van der Waals surface area contributed by atoms with Gasteiger partial charge in [0, 0.05) is 24.0 Å². The van der Waals surface area contributed by atoms with E-state index in [2.05, 4.69) is 25.7 Å². The number of amides is 1. The van der Waals surface area contributed by atoms with Crippen LogP contribution in [0.3, 0.4) is 0 Å². The number of benzene rings is 1. The van der Waals surface area contributed by atoms with Crippen LogP contribution in [0.2, 0.25) is 0 Å². The molecular weight excluding hydrogens is 332 g/mol. The molecule has 0 aliphatic rings. The molecule has 4 aromatic rings. The summed E-state index contributed by atoms with van der Waals surface area (Å²) in [4.78, 5) is 20.4. The maximum Gasteiger partial charge on any atom is 0.291 e. The molecule has 0 spiro atoms. The summed E-state index contributed by atoms with van der Waals surface area (Å²) in [6, 6.07) is 12.8. The molecule has 4 rings (SSSR count). The van der Waals surface area contributed by atoms with Crippen molar-refractivity contribution in [2.45, 2.75) is 13.5 Å². The Morgan fingerprint density at radius 1 is 1.23 bits per heavy atom. The zero-order valence-corrected chi connectivity index (χ0v) is 14.0. The SMILES string of the molecule is Cc1cc(NCc2ccc(NC(=O)c3ccco3)cc2)n2ncnc2n1. The molecule has 1 amide bonds. The van der Waals surface area contributed by atoms with Crippen LogP contribution >= 0.6 is 0 Å². The van der Waals surface area contributed by atoms with E-state index in [9.17, 15) is 4.79 Å². The first-order valence-electron chi connectivity index (χ1n) is 8.04. The van der Waals surface area contributed by atoms with Crippen molar-refractivity contribution < 1.29 is 9.21 Å². The molecule has 0 saturated heterocycles. The monoisotopic (exact) mass is 348 g/mol. The molecule has 0 saturated carbocycles. The Morgan fingerprint density at radius 3 is 2.85 bits per heavy atom. The van der Waals surface area contributed by atoms with Gasteiger partial charge in [0.05, 0.1) is 6.26 Å². The van der Waals surface area contributed by atoms with Gasteiger partial charge < -0.3 is 15.1 Å². The molecule has 1 aromatic carbocycles. The number of aromatic nitrogens is 4. The third-order valence-electron chi connectivity index (χ3n) is 3.81. The van der Waals surface area contributed by atoms with Gasteiger partial charge in [-0.1, -0.05) is 12.1 Å². The molecule has 0 unspecified atom stereocenters. The van der Waals surface area contributed by atoms with Gasteiger partial charge in [-0.15, -0.1) is 0 Å². The highest BCUT2D eigenvalue weighted by Gasteiger charge is 2.09. The van der Waals surface area contributed by atoms with E-state index in [1.165, 1.54) is 12.6 Å². The zero-order valence-electron chi connectivity index (χ0n) is 14.0. The summed E-state index contributed by atoms with van der Waals surface area (Å²) < 4.78 is 6.73. The molecule has 130 valence electrons. The van der Waals surface area contributed by atoms with Crippen LogP contribution in [-0.2, 0) is 6.54 Å². The summed E-state index contributed by atoms with van der Waals surface area (Å²) in [6.07, 6.45) is 2.94. The number of hydrogen-bond donors (Lipinski definition) is 2. The van der Waals surface area contributed by atoms with E-state index < -0.39 is 0 Å². The minimum atomic E-state index is -0.276. The Morgan fingerprint density at radius 2 is 2.08 bits per heavy atom. The molecular formula is C18H16N6O2. The minimum absolute atomic E-state index is 0.276. The lowest BCUT2D eigenvalue weighted by Crippen LogP contribution is -2.11. The highest BCUT2D eigenvalue weighted by molar-refractivity contribution is 6.02. The predicted molar refractivity (Wildman–Crippen MR) is 95.9 cm³/mol. The largest absolute Gasteiger partial charge is 0.459 e. The summed E-state index contributed by atoms with van der Waals surface area (Å²) in [5, 5.41) is 10.3. The Kier molecular flexibility index (Phi) is 4.06. The van der Waals surface area contributed by atoms with E-state index >= 15 is 0 Å². The smallest absolute Gasteiger partial charge is 0.291 e. The fraction of sp³-hybridized carbons (Fsp3) is 0.111. The van der Waals surface area contributed by atoms with Gasteiger partial charge >= 0.3 is 0 Å². The van der Waals surface area contributed by atoms with Crippen LogP contribution in [0, 0.1) is 6.92 Å². The Balaban J connectivity index is 1.42. The van der Waals surface area contributed by atoms with Gasteiger partial charge in [-0.05, 0) is 36.8 Å². The molecule has 0 radical (unpaired) electrons. The maximum absolute atomic E-state index is 12.0. The lowest BCUT2D eigenvalue weighted by Gasteiger charge is -2.09. The number of rotatable bonds is 5. The lowest BCUT2D eigenvalue weighted by atomic mass is 10.2. The molecule has 3 heterocycles. The molecule has 0 aliphatic carbocycles. The third kappa shape index (κ3) is 3.25. The number of hydrogen-bond acceptors (Lipinski definition) is 6. The number of carbonyl (C=O) groups is 1. The maximum atomic E-state index is 12.0. The van der Waals surface area contributed by atoms with Crippen LogP contribution in [0.5, 0.6) is 0 Å². The van der Waals surface area contributed by atoms with E-state index in [1.54, 1.807) is 16.6 Å². The average molecular weight is 348 g/mol. The second kappa shape index (κ2) is 6.67. The van der Waals surface area contributed by atoms with Crippen LogP contribution in [0.4, 0.5) is 11.5 Å². The first-order valence-corrected chi connectivity index (χ1v) is 8.04. The number of fused-ring (bicyclic) bond motifs is 1. The summed E-state index contributed by atoms with van der Waals surface area (Å²) in [6.45, 7) is 2.52. The number of furan rings is 1. The molecule has 3 aromatic heterocycles. The molecule has 2 N–H and O–H groups in total. The Hall–Kier alpha value is -3.68. The minimum Gasteiger partial charge on any atom is -0.459 e. The second-order valence-corrected chi connectivity index (χ2v) is 5.74. The number of anilines is 2. The Bertz CT molecular complexity index is 1040. The van der Waals surface area contributed by atoms with Crippen molar-refractivity contribution in [2.75, 3.05) is 10.6 Å². The first kappa shape index (κ1) is 15.8. The van der Waals surface area contributed by atoms with Crippen LogP contribution < -0.4 is 10.6 Å². The van der Waals surface area contributed by atoms with E-state index in [4.69, 9.17) is 4.42 Å². The molecule has 0 fully saturated rings. The number of carbonyl (C=O) groups excluding carboxylic acids is 1. The van der Waals surface area contributed by atoms with Crippen LogP contribution in [0.25, 0.3) is 5.78 Å². The molecule has 0 aliphatic heterocycles. The van der Waals surface area contributed by atoms with Gasteiger partial charge in [0.1, 0.15) is 12.1 Å². The average Bonchev–Trinajstić information content (AvgIpc) is 3.32. The molecule has 8 heteroatoms. The summed E-state index contributed by atoms with van der Waals surface area (Å²) >= 11 is 0. The normalized spacial score (nSPS) is 10.8. The fourth-order valence-electron chi connectivity index (χ4n) is 2.56. The van der Waals surface area contributed by atoms with Crippen molar-refractivity contribution in [1.82, 2.24) is 19.6 Å². The van der Waals surface area contributed by atoms with E-state index in [-0.39, 0.29) is 11.7 Å². The standard InChI is InChI=1S/C18H16N6O2/c1-12-9-16(24-18(22-12)20-11-21-24)19-10-13-4-6-14(7-5-13)23-17(25)15-3-2-8-26-15/h2-9,11,19H,10H2,1H3,(H,23,25). The van der Waals surface area contributed by atoms with E-state index in [0.717, 1.165) is 17.1 Å². The zero-order chi connectivity index (χ0) is 17.9. The van der Waals surface area contributed by atoms with Gasteiger partial charge in [0.2, 0.25) is 0 Å². The van der Waals surface area contributed by atoms with Crippen molar-refractivity contribution in [3.8, 4) is 0 Å². The number of nitrogens with zero attached hydrogens (tertiary/aromatic N) is 4. The first-order chi connectivity index (χ1) is 12.7. The third-order valence-corrected chi connectivity index (χ3v) is 3.81. The van der Waals surface area contributed by atoms with Gasteiger partial charge in [-0.3, -0.25) is 4.79 Å². The molecule has 26 heavy (non-hydrogen) atoms. The summed E-state index contributed by atoms with van der Waals surface area (Å²) in [5.74, 6) is 1.38. The molecule has 8 nitrogen and oxygen atoms in total. The summed E-state index contributed by atoms with van der Waals surface area (Å²) in [5.41, 5.74) is 2.63. The Labute approximate surface area is 148 Å². The number of nitrogens with one attached hydrogen (secondary N) is 2. The highest BCUT2D eigenvalue weighted by Crippen LogP contribution is 2.15. The molecule has 0 atom stereocenters. The predicted octanol–water partition coefficient (Wildman–Crippen LogP) is 2.89. The lowest BCUT2D eigenvalue weighted by molar-refractivity contribution is 0.0996. The topological polar surface area (TPSA) is 97.3 Å². The number of aryl methyl sites for hydroxylation is 1. The molecule has 0 bridgehead atoms. The van der Waals surface area contributed by atoms with E-state index in [1.807, 2.05) is 37.3 Å². The second-order valence-electron chi connectivity index (χ2n) is 5.74.